The molecule has 0 aliphatic carbocycles. The highest BCUT2D eigenvalue weighted by Crippen LogP contribution is 2.21. The summed E-state index contributed by atoms with van der Waals surface area (Å²) in [7, 11) is 0. The van der Waals surface area contributed by atoms with Crippen molar-refractivity contribution in [1.82, 2.24) is 4.90 Å². The Labute approximate surface area is 145 Å². The second-order valence-corrected chi connectivity index (χ2v) is 6.09. The molecule has 7 heteroatoms. The highest BCUT2D eigenvalue weighted by Gasteiger charge is 2.28. The largest absolute Gasteiger partial charge is 0.481 e. The number of hydrogen-bond acceptors (Lipinski definition) is 4. The Kier molecular flexibility index (Phi) is 5.83. The van der Waals surface area contributed by atoms with E-state index >= 15 is 0 Å². The number of carbonyl (C=O) groups is 2. The van der Waals surface area contributed by atoms with Gasteiger partial charge in [-0.15, -0.1) is 0 Å². The molecule has 0 bridgehead atoms. The first-order chi connectivity index (χ1) is 11.4. The van der Waals surface area contributed by atoms with Crippen molar-refractivity contribution in [2.75, 3.05) is 18.4 Å². The molecule has 126 valence electrons. The predicted molar refractivity (Wildman–Crippen MR) is 90.4 cm³/mol. The van der Waals surface area contributed by atoms with Crippen LogP contribution in [0.5, 0.6) is 0 Å². The zero-order valence-corrected chi connectivity index (χ0v) is 14.0. The van der Waals surface area contributed by atoms with Gasteiger partial charge in [0.05, 0.1) is 5.92 Å². The molecule has 1 aliphatic heterocycles. The quantitative estimate of drug-likeness (QED) is 0.645. The van der Waals surface area contributed by atoms with E-state index in [1.54, 1.807) is 12.1 Å². The van der Waals surface area contributed by atoms with Crippen LogP contribution in [0.2, 0.25) is 5.02 Å². The lowest BCUT2D eigenvalue weighted by molar-refractivity contribution is -0.145. The second kappa shape index (κ2) is 7.84. The molecule has 1 amide bonds. The number of nitrogens with one attached hydrogen (secondary N) is 1. The average Bonchev–Trinajstić information content (AvgIpc) is 2.58. The topological polar surface area (TPSA) is 93.4 Å². The minimum absolute atomic E-state index is 0.0273. The number of nitriles is 1. The van der Waals surface area contributed by atoms with Crippen molar-refractivity contribution in [3.8, 4) is 6.07 Å². The number of piperidine rings is 1. The molecule has 1 heterocycles. The number of hydrogen-bond donors (Lipinski definition) is 2. The summed E-state index contributed by atoms with van der Waals surface area (Å²) in [5.74, 6) is -1.65. The van der Waals surface area contributed by atoms with Gasteiger partial charge in [0.15, 0.2) is 0 Å². The summed E-state index contributed by atoms with van der Waals surface area (Å²) in [6, 6.07) is 7.24. The van der Waals surface area contributed by atoms with Gasteiger partial charge in [-0.1, -0.05) is 17.7 Å². The van der Waals surface area contributed by atoms with Gasteiger partial charge in [-0.25, -0.2) is 0 Å². The minimum Gasteiger partial charge on any atom is -0.481 e. The van der Waals surface area contributed by atoms with E-state index in [4.69, 9.17) is 16.7 Å². The highest BCUT2D eigenvalue weighted by molar-refractivity contribution is 6.31. The number of halogens is 1. The van der Waals surface area contributed by atoms with Gasteiger partial charge >= 0.3 is 5.97 Å². The summed E-state index contributed by atoms with van der Waals surface area (Å²) in [6.07, 6.45) is 2.16. The Morgan fingerprint density at radius 1 is 1.42 bits per heavy atom. The van der Waals surface area contributed by atoms with Gasteiger partial charge in [0, 0.05) is 30.0 Å². The summed E-state index contributed by atoms with van der Waals surface area (Å²) in [4.78, 5) is 24.8. The number of nitrogens with zero attached hydrogens (tertiary/aromatic N) is 2. The van der Waals surface area contributed by atoms with Gasteiger partial charge in [-0.3, -0.25) is 9.59 Å². The molecule has 6 nitrogen and oxygen atoms in total. The fourth-order valence-electron chi connectivity index (χ4n) is 2.48. The van der Waals surface area contributed by atoms with E-state index in [9.17, 15) is 14.9 Å². The maximum Gasteiger partial charge on any atom is 0.306 e. The molecule has 1 fully saturated rings. The molecule has 0 spiro atoms. The van der Waals surface area contributed by atoms with Gasteiger partial charge < -0.3 is 15.3 Å². The zero-order valence-electron chi connectivity index (χ0n) is 13.3. The summed E-state index contributed by atoms with van der Waals surface area (Å²) >= 11 is 6.04. The third-order valence-corrected chi connectivity index (χ3v) is 4.44. The molecule has 0 radical (unpaired) electrons. The molecule has 1 aromatic rings. The van der Waals surface area contributed by atoms with E-state index in [0.29, 0.717) is 36.6 Å². The van der Waals surface area contributed by atoms with Crippen molar-refractivity contribution in [3.05, 3.63) is 40.6 Å². The molecule has 0 atom stereocenters. The third-order valence-electron chi connectivity index (χ3n) is 4.04. The predicted octanol–water partition coefficient (Wildman–Crippen LogP) is 2.79. The van der Waals surface area contributed by atoms with Crippen molar-refractivity contribution in [1.29, 1.82) is 5.26 Å². The van der Waals surface area contributed by atoms with Gasteiger partial charge in [-0.05, 0) is 37.5 Å². The van der Waals surface area contributed by atoms with Gasteiger partial charge in [0.1, 0.15) is 11.6 Å². The van der Waals surface area contributed by atoms with Gasteiger partial charge in [0.2, 0.25) is 0 Å². The lowest BCUT2D eigenvalue weighted by Gasteiger charge is -2.29. The van der Waals surface area contributed by atoms with Crippen LogP contribution in [0.15, 0.2) is 30.0 Å². The fourth-order valence-corrected chi connectivity index (χ4v) is 2.66. The normalized spacial score (nSPS) is 15.7. The summed E-state index contributed by atoms with van der Waals surface area (Å²) in [5.41, 5.74) is 1.58. The number of amides is 1. The molecular formula is C17H18ClN3O3. The van der Waals surface area contributed by atoms with E-state index < -0.39 is 17.8 Å². The minimum atomic E-state index is -0.837. The number of anilines is 1. The number of carboxylic acid groups (broad SMARTS) is 1. The Morgan fingerprint density at radius 3 is 2.62 bits per heavy atom. The number of carbonyl (C=O) groups excluding carboxylic acids is 1. The molecular weight excluding hydrogens is 330 g/mol. The van der Waals surface area contributed by atoms with Crippen LogP contribution in [0.4, 0.5) is 5.69 Å². The lowest BCUT2D eigenvalue weighted by atomic mass is 9.97. The fraction of sp³-hybridized carbons (Fsp3) is 0.353. The Morgan fingerprint density at radius 2 is 2.08 bits per heavy atom. The summed E-state index contributed by atoms with van der Waals surface area (Å²) < 4.78 is 0. The number of aliphatic carboxylic acids is 1. The monoisotopic (exact) mass is 347 g/mol. The van der Waals surface area contributed by atoms with Crippen LogP contribution < -0.4 is 5.32 Å². The molecule has 24 heavy (non-hydrogen) atoms. The van der Waals surface area contributed by atoms with Crippen molar-refractivity contribution in [2.45, 2.75) is 19.8 Å². The van der Waals surface area contributed by atoms with E-state index in [-0.39, 0.29) is 5.57 Å². The van der Waals surface area contributed by atoms with Crippen LogP contribution in [-0.4, -0.2) is 35.0 Å². The number of likely N-dealkylation sites (tertiary alicyclic amines) is 1. The number of rotatable bonds is 4. The number of carboxylic acids is 1. The van der Waals surface area contributed by atoms with Crippen molar-refractivity contribution >= 4 is 29.2 Å². The first-order valence-electron chi connectivity index (χ1n) is 7.57. The summed E-state index contributed by atoms with van der Waals surface area (Å²) in [6.45, 7) is 2.56. The zero-order chi connectivity index (χ0) is 17.7. The van der Waals surface area contributed by atoms with Crippen LogP contribution in [0.1, 0.15) is 18.4 Å². The number of aryl methyl sites for hydroxylation is 1. The van der Waals surface area contributed by atoms with Crippen LogP contribution in [0.25, 0.3) is 0 Å². The van der Waals surface area contributed by atoms with Crippen LogP contribution >= 0.6 is 11.6 Å². The van der Waals surface area contributed by atoms with Crippen molar-refractivity contribution in [2.24, 2.45) is 5.92 Å². The maximum atomic E-state index is 12.4. The average molecular weight is 348 g/mol. The molecule has 0 saturated carbocycles. The van der Waals surface area contributed by atoms with Crippen LogP contribution in [0.3, 0.4) is 0 Å². The van der Waals surface area contributed by atoms with Crippen molar-refractivity contribution < 1.29 is 14.7 Å². The maximum absolute atomic E-state index is 12.4. The molecule has 2 rings (SSSR count). The van der Waals surface area contributed by atoms with Crippen molar-refractivity contribution in [3.63, 3.8) is 0 Å². The Bertz CT molecular complexity index is 716. The van der Waals surface area contributed by atoms with E-state index in [1.807, 2.05) is 19.1 Å². The van der Waals surface area contributed by atoms with E-state index in [2.05, 4.69) is 5.32 Å². The smallest absolute Gasteiger partial charge is 0.306 e. The highest BCUT2D eigenvalue weighted by atomic mass is 35.5. The number of benzene rings is 1. The molecule has 1 aliphatic rings. The lowest BCUT2D eigenvalue weighted by Crippen LogP contribution is -2.40. The standard InChI is InChI=1S/C17H18ClN3O3/c1-11-2-3-14(8-15(11)18)20-10-13(9-19)16(22)21-6-4-12(5-7-21)17(23)24/h2-3,8,10,12,20H,4-7H2,1H3,(H,23,24)/b13-10-. The molecule has 1 saturated heterocycles. The van der Waals surface area contributed by atoms with Crippen LogP contribution in [-0.2, 0) is 9.59 Å². The third kappa shape index (κ3) is 4.27. The first kappa shape index (κ1) is 17.8. The van der Waals surface area contributed by atoms with E-state index in [0.717, 1.165) is 5.56 Å². The SMILES string of the molecule is Cc1ccc(N/C=C(/C#N)C(=O)N2CCC(C(=O)O)CC2)cc1Cl. The van der Waals surface area contributed by atoms with Crippen LogP contribution in [0, 0.1) is 24.2 Å². The Balaban J connectivity index is 2.02. The molecule has 2 N–H and O–H groups in total. The molecule has 0 unspecified atom stereocenters. The molecule has 0 aromatic heterocycles. The van der Waals surface area contributed by atoms with E-state index in [1.165, 1.54) is 11.1 Å². The second-order valence-electron chi connectivity index (χ2n) is 5.68. The summed E-state index contributed by atoms with van der Waals surface area (Å²) in [5, 5.41) is 21.7. The van der Waals surface area contributed by atoms with Gasteiger partial charge in [-0.2, -0.15) is 5.26 Å². The van der Waals surface area contributed by atoms with Gasteiger partial charge in [0.25, 0.3) is 5.91 Å². The first-order valence-corrected chi connectivity index (χ1v) is 7.95. The molecule has 1 aromatic carbocycles. The Hall–Kier alpha value is -2.52.